The molecule has 1 fully saturated rings. The molecule has 5 heteroatoms. The molecule has 0 saturated carbocycles. The maximum absolute atomic E-state index is 11.9. The van der Waals surface area contributed by atoms with Gasteiger partial charge in [-0.25, -0.2) is 0 Å². The summed E-state index contributed by atoms with van der Waals surface area (Å²) in [4.78, 5) is 23.1. The number of hydrogen-bond acceptors (Lipinski definition) is 3. The van der Waals surface area contributed by atoms with Crippen molar-refractivity contribution in [3.63, 3.8) is 0 Å². The molecule has 0 aromatic heterocycles. The summed E-state index contributed by atoms with van der Waals surface area (Å²) in [5.41, 5.74) is 7.12. The lowest BCUT2D eigenvalue weighted by molar-refractivity contribution is -0.117. The maximum atomic E-state index is 11.9. The van der Waals surface area contributed by atoms with E-state index in [2.05, 4.69) is 10.6 Å². The second-order valence-electron chi connectivity index (χ2n) is 4.53. The van der Waals surface area contributed by atoms with Crippen LogP contribution in [-0.2, 0) is 4.79 Å². The Balaban J connectivity index is 2.11. The summed E-state index contributed by atoms with van der Waals surface area (Å²) in [6.45, 7) is 2.68. The smallest absolute Gasteiger partial charge is 0.249 e. The highest BCUT2D eigenvalue weighted by molar-refractivity contribution is 5.98. The first kappa shape index (κ1) is 12.6. The molecule has 1 saturated heterocycles. The van der Waals surface area contributed by atoms with Crippen LogP contribution in [0.15, 0.2) is 18.2 Å². The molecule has 96 valence electrons. The largest absolute Gasteiger partial charge is 0.366 e. The Bertz CT molecular complexity index is 479. The molecule has 5 nitrogen and oxygen atoms in total. The minimum atomic E-state index is -0.484. The van der Waals surface area contributed by atoms with E-state index in [1.165, 1.54) is 0 Å². The Morgan fingerprint density at radius 2 is 2.22 bits per heavy atom. The Morgan fingerprint density at radius 1 is 1.44 bits per heavy atom. The highest BCUT2D eigenvalue weighted by atomic mass is 16.2. The number of amides is 2. The summed E-state index contributed by atoms with van der Waals surface area (Å²) < 4.78 is 0. The van der Waals surface area contributed by atoms with Crippen molar-refractivity contribution >= 4 is 17.5 Å². The number of carbonyl (C=O) groups is 2. The monoisotopic (exact) mass is 247 g/mol. The van der Waals surface area contributed by atoms with Crippen LogP contribution in [0.5, 0.6) is 0 Å². The lowest BCUT2D eigenvalue weighted by Gasteiger charge is -2.12. The number of hydrogen-bond donors (Lipinski definition) is 3. The van der Waals surface area contributed by atoms with Crippen LogP contribution in [0.2, 0.25) is 0 Å². The molecule has 2 rings (SSSR count). The van der Waals surface area contributed by atoms with Crippen LogP contribution >= 0.6 is 0 Å². The van der Waals surface area contributed by atoms with Gasteiger partial charge in [0.1, 0.15) is 0 Å². The molecule has 0 radical (unpaired) electrons. The minimum Gasteiger partial charge on any atom is -0.366 e. The Kier molecular flexibility index (Phi) is 3.62. The molecular formula is C13H17N3O2. The number of nitrogens with one attached hydrogen (secondary N) is 2. The second-order valence-corrected chi connectivity index (χ2v) is 4.53. The van der Waals surface area contributed by atoms with E-state index >= 15 is 0 Å². The van der Waals surface area contributed by atoms with Crippen molar-refractivity contribution in [1.29, 1.82) is 0 Å². The molecule has 1 unspecified atom stereocenters. The number of primary amides is 1. The van der Waals surface area contributed by atoms with E-state index in [-0.39, 0.29) is 11.9 Å². The highest BCUT2D eigenvalue weighted by Crippen LogP contribution is 2.16. The zero-order valence-electron chi connectivity index (χ0n) is 10.3. The summed E-state index contributed by atoms with van der Waals surface area (Å²) in [6, 6.07) is 5.03. The molecule has 0 bridgehead atoms. The maximum Gasteiger partial charge on any atom is 0.249 e. The van der Waals surface area contributed by atoms with Crippen LogP contribution < -0.4 is 16.4 Å². The van der Waals surface area contributed by atoms with E-state index < -0.39 is 5.91 Å². The fraction of sp³-hybridized carbons (Fsp3) is 0.385. The molecule has 1 aliphatic rings. The average molecular weight is 247 g/mol. The first-order valence-corrected chi connectivity index (χ1v) is 6.02. The molecule has 1 aromatic carbocycles. The standard InChI is InChI=1S/C13H17N3O2/c1-8-4-5-9(7-10(8)12(14)17)16-13(18)11-3-2-6-15-11/h4-5,7,11,15H,2-3,6H2,1H3,(H2,14,17)(H,16,18). The van der Waals surface area contributed by atoms with Gasteiger partial charge >= 0.3 is 0 Å². The van der Waals surface area contributed by atoms with Gasteiger partial charge in [0.2, 0.25) is 11.8 Å². The molecule has 0 spiro atoms. The van der Waals surface area contributed by atoms with Crippen molar-refractivity contribution in [2.75, 3.05) is 11.9 Å². The SMILES string of the molecule is Cc1ccc(NC(=O)C2CCCN2)cc1C(N)=O. The van der Waals surface area contributed by atoms with Crippen LogP contribution in [0.25, 0.3) is 0 Å². The molecule has 1 atom stereocenters. The Hall–Kier alpha value is -1.88. The predicted octanol–water partition coefficient (Wildman–Crippen LogP) is 0.784. The van der Waals surface area contributed by atoms with Crippen molar-refractivity contribution in [1.82, 2.24) is 5.32 Å². The van der Waals surface area contributed by atoms with Gasteiger partial charge in [0.05, 0.1) is 6.04 Å². The second kappa shape index (κ2) is 5.18. The van der Waals surface area contributed by atoms with Gasteiger partial charge in [0.15, 0.2) is 0 Å². The van der Waals surface area contributed by atoms with E-state index in [4.69, 9.17) is 5.73 Å². The van der Waals surface area contributed by atoms with Crippen molar-refractivity contribution < 1.29 is 9.59 Å². The first-order chi connectivity index (χ1) is 8.58. The quantitative estimate of drug-likeness (QED) is 0.738. The molecule has 1 aromatic rings. The summed E-state index contributed by atoms with van der Waals surface area (Å²) >= 11 is 0. The van der Waals surface area contributed by atoms with Crippen LogP contribution in [0, 0.1) is 6.92 Å². The molecular weight excluding hydrogens is 230 g/mol. The molecule has 1 aliphatic heterocycles. The Morgan fingerprint density at radius 3 is 2.83 bits per heavy atom. The molecule has 18 heavy (non-hydrogen) atoms. The molecule has 1 heterocycles. The summed E-state index contributed by atoms with van der Waals surface area (Å²) in [6.07, 6.45) is 1.86. The van der Waals surface area contributed by atoms with Gasteiger partial charge in [-0.3, -0.25) is 9.59 Å². The van der Waals surface area contributed by atoms with Crippen molar-refractivity contribution in [3.8, 4) is 0 Å². The van der Waals surface area contributed by atoms with E-state index in [1.54, 1.807) is 18.2 Å². The lowest BCUT2D eigenvalue weighted by Crippen LogP contribution is -2.35. The Labute approximate surface area is 106 Å². The van der Waals surface area contributed by atoms with Crippen LogP contribution in [0.1, 0.15) is 28.8 Å². The third-order valence-electron chi connectivity index (χ3n) is 3.15. The normalized spacial score (nSPS) is 18.6. The average Bonchev–Trinajstić information content (AvgIpc) is 2.85. The number of aryl methyl sites for hydroxylation is 1. The molecule has 2 amide bonds. The van der Waals surface area contributed by atoms with Gasteiger partial charge in [-0.1, -0.05) is 6.07 Å². The van der Waals surface area contributed by atoms with E-state index in [0.717, 1.165) is 24.9 Å². The zero-order chi connectivity index (χ0) is 13.1. The van der Waals surface area contributed by atoms with E-state index in [0.29, 0.717) is 11.3 Å². The fourth-order valence-corrected chi connectivity index (χ4v) is 2.10. The van der Waals surface area contributed by atoms with E-state index in [1.807, 2.05) is 6.92 Å². The third kappa shape index (κ3) is 2.68. The summed E-state index contributed by atoms with van der Waals surface area (Å²) in [7, 11) is 0. The van der Waals surface area contributed by atoms with Gasteiger partial charge in [0, 0.05) is 11.3 Å². The molecule has 0 aliphatic carbocycles. The van der Waals surface area contributed by atoms with Gasteiger partial charge in [0.25, 0.3) is 0 Å². The summed E-state index contributed by atoms with van der Waals surface area (Å²) in [5.74, 6) is -0.547. The van der Waals surface area contributed by atoms with Crippen LogP contribution in [0.3, 0.4) is 0 Å². The van der Waals surface area contributed by atoms with Crippen molar-refractivity contribution in [3.05, 3.63) is 29.3 Å². The fourth-order valence-electron chi connectivity index (χ4n) is 2.10. The summed E-state index contributed by atoms with van der Waals surface area (Å²) in [5, 5.41) is 5.92. The van der Waals surface area contributed by atoms with Gasteiger partial charge in [-0.15, -0.1) is 0 Å². The number of nitrogens with two attached hydrogens (primary N) is 1. The highest BCUT2D eigenvalue weighted by Gasteiger charge is 2.22. The number of anilines is 1. The number of rotatable bonds is 3. The van der Waals surface area contributed by atoms with Crippen LogP contribution in [0.4, 0.5) is 5.69 Å². The van der Waals surface area contributed by atoms with Crippen LogP contribution in [-0.4, -0.2) is 24.4 Å². The van der Waals surface area contributed by atoms with Gasteiger partial charge < -0.3 is 16.4 Å². The lowest BCUT2D eigenvalue weighted by atomic mass is 10.1. The minimum absolute atomic E-state index is 0.0632. The van der Waals surface area contributed by atoms with Gasteiger partial charge in [-0.05, 0) is 44.0 Å². The topological polar surface area (TPSA) is 84.2 Å². The first-order valence-electron chi connectivity index (χ1n) is 6.02. The zero-order valence-corrected chi connectivity index (χ0v) is 10.3. The van der Waals surface area contributed by atoms with Gasteiger partial charge in [-0.2, -0.15) is 0 Å². The third-order valence-corrected chi connectivity index (χ3v) is 3.15. The number of carbonyl (C=O) groups excluding carboxylic acids is 2. The predicted molar refractivity (Wildman–Crippen MR) is 69.4 cm³/mol. The number of benzene rings is 1. The van der Waals surface area contributed by atoms with Crippen molar-refractivity contribution in [2.45, 2.75) is 25.8 Å². The van der Waals surface area contributed by atoms with Crippen molar-refractivity contribution in [2.24, 2.45) is 5.73 Å². The van der Waals surface area contributed by atoms with E-state index in [9.17, 15) is 9.59 Å². The molecule has 4 N–H and O–H groups in total.